The van der Waals surface area contributed by atoms with Crippen LogP contribution in [0.1, 0.15) is 43.9 Å². The van der Waals surface area contributed by atoms with Gasteiger partial charge in [0, 0.05) is 30.1 Å². The molecule has 116 valence electrons. The molecule has 1 N–H and O–H groups in total. The van der Waals surface area contributed by atoms with Gasteiger partial charge in [-0.15, -0.1) is 0 Å². The summed E-state index contributed by atoms with van der Waals surface area (Å²) in [6, 6.07) is 10.2. The van der Waals surface area contributed by atoms with E-state index in [1.165, 1.54) is 48.6 Å². The fourth-order valence-corrected chi connectivity index (χ4v) is 4.81. The zero-order valence-electron chi connectivity index (χ0n) is 13.3. The molecule has 0 bridgehead atoms. The summed E-state index contributed by atoms with van der Waals surface area (Å²) in [5.41, 5.74) is 3.05. The Bertz CT molecular complexity index is 454. The quantitative estimate of drug-likeness (QED) is 0.893. The lowest BCUT2D eigenvalue weighted by Gasteiger charge is -2.34. The first-order valence-corrected chi connectivity index (χ1v) is 9.54. The van der Waals surface area contributed by atoms with Gasteiger partial charge in [-0.05, 0) is 43.0 Å². The van der Waals surface area contributed by atoms with Crippen molar-refractivity contribution < 1.29 is 0 Å². The van der Waals surface area contributed by atoms with Crippen molar-refractivity contribution >= 4 is 11.8 Å². The van der Waals surface area contributed by atoms with Crippen molar-refractivity contribution in [3.63, 3.8) is 0 Å². The molecule has 2 aliphatic rings. The maximum atomic E-state index is 3.87. The second-order valence-electron chi connectivity index (χ2n) is 6.73. The summed E-state index contributed by atoms with van der Waals surface area (Å²) in [4.78, 5) is 2.69. The summed E-state index contributed by atoms with van der Waals surface area (Å²) in [5, 5.41) is 3.87. The molecule has 0 saturated carbocycles. The molecule has 2 atom stereocenters. The summed E-state index contributed by atoms with van der Waals surface area (Å²) < 4.78 is 0. The molecule has 3 heteroatoms. The van der Waals surface area contributed by atoms with Crippen molar-refractivity contribution in [2.24, 2.45) is 5.92 Å². The van der Waals surface area contributed by atoms with Crippen LogP contribution in [0.2, 0.25) is 0 Å². The van der Waals surface area contributed by atoms with Crippen LogP contribution in [0.5, 0.6) is 0 Å². The molecule has 1 fully saturated rings. The van der Waals surface area contributed by atoms with Crippen LogP contribution in [0.25, 0.3) is 0 Å². The molecule has 2 nitrogen and oxygen atoms in total. The molecule has 21 heavy (non-hydrogen) atoms. The van der Waals surface area contributed by atoms with E-state index in [-0.39, 0.29) is 0 Å². The average molecular weight is 305 g/mol. The Labute approximate surface area is 133 Å². The molecule has 0 radical (unpaired) electrons. The zero-order valence-corrected chi connectivity index (χ0v) is 14.2. The highest BCUT2D eigenvalue weighted by molar-refractivity contribution is 7.98. The molecule has 2 aliphatic heterocycles. The number of thioether (sulfide) groups is 1. The van der Waals surface area contributed by atoms with E-state index in [0.29, 0.717) is 12.1 Å². The Morgan fingerprint density at radius 2 is 2.00 bits per heavy atom. The highest BCUT2D eigenvalue weighted by atomic mass is 32.2. The minimum absolute atomic E-state index is 0.531. The highest BCUT2D eigenvalue weighted by Gasteiger charge is 2.26. The van der Waals surface area contributed by atoms with Crippen LogP contribution >= 0.6 is 11.8 Å². The number of rotatable bonds is 5. The fourth-order valence-electron chi connectivity index (χ4n) is 3.67. The predicted octanol–water partition coefficient (Wildman–Crippen LogP) is 3.68. The van der Waals surface area contributed by atoms with Gasteiger partial charge in [-0.3, -0.25) is 4.90 Å². The van der Waals surface area contributed by atoms with Crippen LogP contribution in [0.3, 0.4) is 0 Å². The average Bonchev–Trinajstić information content (AvgIpc) is 3.01. The Kier molecular flexibility index (Phi) is 5.25. The number of hydrogen-bond donors (Lipinski definition) is 1. The lowest BCUT2D eigenvalue weighted by atomic mass is 9.99. The standard InChI is InChI=1S/C18H28N2S/c1-14(2)18(20-9-5-6-10-20)11-19-17-13-21-12-15-7-3-4-8-16(15)17/h3-4,7-8,14,17-19H,5-6,9-13H2,1-2H3. The molecule has 0 spiro atoms. The topological polar surface area (TPSA) is 15.3 Å². The summed E-state index contributed by atoms with van der Waals surface area (Å²) in [5.74, 6) is 3.11. The van der Waals surface area contributed by atoms with E-state index >= 15 is 0 Å². The van der Waals surface area contributed by atoms with Gasteiger partial charge in [-0.25, -0.2) is 0 Å². The van der Waals surface area contributed by atoms with Gasteiger partial charge < -0.3 is 5.32 Å². The van der Waals surface area contributed by atoms with E-state index in [1.807, 2.05) is 0 Å². The molecule has 3 rings (SSSR count). The van der Waals surface area contributed by atoms with Crippen LogP contribution in [0.15, 0.2) is 24.3 Å². The zero-order chi connectivity index (χ0) is 14.7. The largest absolute Gasteiger partial charge is 0.308 e. The van der Waals surface area contributed by atoms with Gasteiger partial charge in [0.1, 0.15) is 0 Å². The summed E-state index contributed by atoms with van der Waals surface area (Å²) in [7, 11) is 0. The lowest BCUT2D eigenvalue weighted by Crippen LogP contribution is -2.45. The first-order chi connectivity index (χ1) is 10.3. The number of nitrogens with zero attached hydrogens (tertiary/aromatic N) is 1. The monoisotopic (exact) mass is 304 g/mol. The van der Waals surface area contributed by atoms with Crippen molar-refractivity contribution in [2.45, 2.75) is 44.5 Å². The summed E-state index contributed by atoms with van der Waals surface area (Å²) in [6.45, 7) is 8.45. The van der Waals surface area contributed by atoms with Gasteiger partial charge in [-0.2, -0.15) is 11.8 Å². The third-order valence-corrected chi connectivity index (χ3v) is 6.01. The molecule has 1 aromatic rings. The first kappa shape index (κ1) is 15.4. The van der Waals surface area contributed by atoms with Crippen LogP contribution in [-0.4, -0.2) is 36.3 Å². The minimum Gasteiger partial charge on any atom is -0.308 e. The Morgan fingerprint density at radius 3 is 2.76 bits per heavy atom. The summed E-state index contributed by atoms with van der Waals surface area (Å²) >= 11 is 2.06. The highest BCUT2D eigenvalue weighted by Crippen LogP contribution is 2.31. The number of likely N-dealkylation sites (tertiary alicyclic amines) is 1. The van der Waals surface area contributed by atoms with Crippen LogP contribution in [-0.2, 0) is 5.75 Å². The van der Waals surface area contributed by atoms with Gasteiger partial charge in [-0.1, -0.05) is 38.1 Å². The van der Waals surface area contributed by atoms with E-state index in [0.717, 1.165) is 12.5 Å². The van der Waals surface area contributed by atoms with Gasteiger partial charge in [0.2, 0.25) is 0 Å². The molecule has 2 heterocycles. The van der Waals surface area contributed by atoms with Crippen molar-refractivity contribution in [1.29, 1.82) is 0 Å². The Morgan fingerprint density at radius 1 is 1.24 bits per heavy atom. The van der Waals surface area contributed by atoms with Crippen molar-refractivity contribution in [1.82, 2.24) is 10.2 Å². The molecular weight excluding hydrogens is 276 g/mol. The van der Waals surface area contributed by atoms with Crippen LogP contribution in [0.4, 0.5) is 0 Å². The normalized spacial score (nSPS) is 24.2. The lowest BCUT2D eigenvalue weighted by molar-refractivity contribution is 0.183. The van der Waals surface area contributed by atoms with Gasteiger partial charge in [0.25, 0.3) is 0 Å². The molecular formula is C18H28N2S. The van der Waals surface area contributed by atoms with E-state index < -0.39 is 0 Å². The van der Waals surface area contributed by atoms with E-state index in [2.05, 4.69) is 60.1 Å². The number of hydrogen-bond acceptors (Lipinski definition) is 3. The maximum absolute atomic E-state index is 3.87. The molecule has 0 amide bonds. The van der Waals surface area contributed by atoms with Crippen molar-refractivity contribution in [2.75, 3.05) is 25.4 Å². The Balaban J connectivity index is 1.64. The van der Waals surface area contributed by atoms with Crippen molar-refractivity contribution in [3.8, 4) is 0 Å². The SMILES string of the molecule is CC(C)C(CNC1CSCc2ccccc21)N1CCCC1. The van der Waals surface area contributed by atoms with E-state index in [1.54, 1.807) is 0 Å². The summed E-state index contributed by atoms with van der Waals surface area (Å²) in [6.07, 6.45) is 2.76. The third kappa shape index (κ3) is 3.64. The van der Waals surface area contributed by atoms with E-state index in [9.17, 15) is 0 Å². The fraction of sp³-hybridized carbons (Fsp3) is 0.667. The molecule has 1 aromatic carbocycles. The first-order valence-electron chi connectivity index (χ1n) is 8.38. The molecule has 1 saturated heterocycles. The van der Waals surface area contributed by atoms with Crippen LogP contribution < -0.4 is 5.32 Å². The predicted molar refractivity (Wildman–Crippen MR) is 92.8 cm³/mol. The third-order valence-electron chi connectivity index (χ3n) is 4.93. The maximum Gasteiger partial charge on any atom is 0.0415 e. The molecule has 0 aromatic heterocycles. The van der Waals surface area contributed by atoms with Gasteiger partial charge in [0.05, 0.1) is 0 Å². The minimum atomic E-state index is 0.531. The molecule has 0 aliphatic carbocycles. The number of fused-ring (bicyclic) bond motifs is 1. The number of nitrogens with one attached hydrogen (secondary N) is 1. The van der Waals surface area contributed by atoms with Gasteiger partial charge in [0.15, 0.2) is 0 Å². The van der Waals surface area contributed by atoms with Crippen LogP contribution in [0, 0.1) is 5.92 Å². The van der Waals surface area contributed by atoms with Gasteiger partial charge >= 0.3 is 0 Å². The number of benzene rings is 1. The smallest absolute Gasteiger partial charge is 0.0415 e. The molecule has 2 unspecified atom stereocenters. The van der Waals surface area contributed by atoms with Crippen molar-refractivity contribution in [3.05, 3.63) is 35.4 Å². The second kappa shape index (κ2) is 7.17. The Hall–Kier alpha value is -0.510. The second-order valence-corrected chi connectivity index (χ2v) is 7.76. The van der Waals surface area contributed by atoms with E-state index in [4.69, 9.17) is 0 Å².